The fraction of sp³-hybridized carbons (Fsp3) is 0.545. The monoisotopic (exact) mass is 305 g/mol. The Hall–Kier alpha value is -1.34. The van der Waals surface area contributed by atoms with E-state index in [2.05, 4.69) is 15.0 Å². The van der Waals surface area contributed by atoms with Gasteiger partial charge in [0.2, 0.25) is 5.91 Å². The molecule has 1 aromatic heterocycles. The van der Waals surface area contributed by atoms with E-state index in [1.807, 2.05) is 13.8 Å². The van der Waals surface area contributed by atoms with Crippen molar-refractivity contribution in [2.75, 3.05) is 12.4 Å². The number of hydrogen-bond donors (Lipinski definition) is 2. The van der Waals surface area contributed by atoms with Crippen molar-refractivity contribution in [3.63, 3.8) is 0 Å². The van der Waals surface area contributed by atoms with Crippen LogP contribution in [0.4, 0.5) is 5.13 Å². The average molecular weight is 306 g/mol. The molecule has 106 valence electrons. The van der Waals surface area contributed by atoms with Crippen LogP contribution in [0.15, 0.2) is 0 Å². The largest absolute Gasteiger partial charge is 0.465 e. The number of carbonyl (C=O) groups excluding carboxylic acids is 2. The Morgan fingerprint density at radius 1 is 1.53 bits per heavy atom. The standard InChI is InChI=1S/C11H16ClN3O3S/c1-5(2)11(3,9(13)17)15-10-14-7(12)6(19-10)8(16)18-4/h5H,1-4H3,(H2,13,17)(H,14,15). The number of thiazole rings is 1. The maximum Gasteiger partial charge on any atom is 0.351 e. The third-order valence-corrected chi connectivity index (χ3v) is 4.33. The first-order chi connectivity index (χ1) is 8.72. The lowest BCUT2D eigenvalue weighted by molar-refractivity contribution is -0.123. The summed E-state index contributed by atoms with van der Waals surface area (Å²) in [5.41, 5.74) is 4.42. The van der Waals surface area contributed by atoms with E-state index in [0.717, 1.165) is 11.3 Å². The molecular weight excluding hydrogens is 290 g/mol. The molecule has 6 nitrogen and oxygen atoms in total. The van der Waals surface area contributed by atoms with Crippen molar-refractivity contribution >= 4 is 39.9 Å². The van der Waals surface area contributed by atoms with Crippen LogP contribution in [0.5, 0.6) is 0 Å². The molecule has 1 atom stereocenters. The van der Waals surface area contributed by atoms with E-state index < -0.39 is 17.4 Å². The molecule has 1 amide bonds. The summed E-state index contributed by atoms with van der Waals surface area (Å²) >= 11 is 6.87. The third kappa shape index (κ3) is 3.16. The minimum atomic E-state index is -0.978. The normalized spacial score (nSPS) is 14.0. The fourth-order valence-electron chi connectivity index (χ4n) is 1.29. The molecule has 0 bridgehead atoms. The Labute approximate surface area is 120 Å². The first-order valence-electron chi connectivity index (χ1n) is 5.55. The molecule has 1 unspecified atom stereocenters. The van der Waals surface area contributed by atoms with Gasteiger partial charge in [-0.05, 0) is 12.8 Å². The van der Waals surface area contributed by atoms with Crippen LogP contribution < -0.4 is 11.1 Å². The van der Waals surface area contributed by atoms with E-state index >= 15 is 0 Å². The number of carbonyl (C=O) groups is 2. The van der Waals surface area contributed by atoms with Gasteiger partial charge in [0.25, 0.3) is 0 Å². The number of nitrogens with zero attached hydrogens (tertiary/aromatic N) is 1. The fourth-order valence-corrected chi connectivity index (χ4v) is 2.50. The number of methoxy groups -OCH3 is 1. The molecule has 0 saturated heterocycles. The van der Waals surface area contributed by atoms with Crippen LogP contribution in [0.2, 0.25) is 5.15 Å². The van der Waals surface area contributed by atoms with Gasteiger partial charge in [-0.1, -0.05) is 36.8 Å². The number of rotatable bonds is 5. The lowest BCUT2D eigenvalue weighted by atomic mass is 9.88. The number of aromatic nitrogens is 1. The van der Waals surface area contributed by atoms with E-state index in [1.54, 1.807) is 6.92 Å². The van der Waals surface area contributed by atoms with Crippen molar-refractivity contribution in [3.05, 3.63) is 10.0 Å². The number of nitrogens with one attached hydrogen (secondary N) is 1. The molecule has 1 rings (SSSR count). The molecule has 1 heterocycles. The number of primary amides is 1. The molecule has 0 aliphatic heterocycles. The maximum atomic E-state index is 11.6. The number of amides is 1. The molecule has 0 radical (unpaired) electrons. The highest BCUT2D eigenvalue weighted by atomic mass is 35.5. The Morgan fingerprint density at radius 2 is 2.11 bits per heavy atom. The molecular formula is C11H16ClN3O3S. The number of hydrogen-bond acceptors (Lipinski definition) is 6. The highest BCUT2D eigenvalue weighted by molar-refractivity contribution is 7.18. The van der Waals surface area contributed by atoms with Gasteiger partial charge < -0.3 is 15.8 Å². The summed E-state index contributed by atoms with van der Waals surface area (Å²) in [6.07, 6.45) is 0. The van der Waals surface area contributed by atoms with E-state index in [0.29, 0.717) is 5.13 Å². The van der Waals surface area contributed by atoms with E-state index in [9.17, 15) is 9.59 Å². The van der Waals surface area contributed by atoms with Crippen LogP contribution in [0.3, 0.4) is 0 Å². The second-order valence-electron chi connectivity index (χ2n) is 4.48. The average Bonchev–Trinajstić information content (AvgIpc) is 2.68. The van der Waals surface area contributed by atoms with Crippen molar-refractivity contribution in [2.45, 2.75) is 26.3 Å². The maximum absolute atomic E-state index is 11.6. The molecule has 0 fully saturated rings. The number of nitrogens with two attached hydrogens (primary N) is 1. The molecule has 0 aliphatic carbocycles. The Bertz CT molecular complexity index is 503. The minimum Gasteiger partial charge on any atom is -0.465 e. The zero-order valence-corrected chi connectivity index (χ0v) is 12.7. The highest BCUT2D eigenvalue weighted by Gasteiger charge is 2.36. The topological polar surface area (TPSA) is 94.3 Å². The van der Waals surface area contributed by atoms with Crippen LogP contribution in [0, 0.1) is 5.92 Å². The molecule has 8 heteroatoms. The molecule has 0 aromatic carbocycles. The van der Waals surface area contributed by atoms with Gasteiger partial charge in [0.15, 0.2) is 15.2 Å². The predicted molar refractivity (Wildman–Crippen MR) is 74.5 cm³/mol. The quantitative estimate of drug-likeness (QED) is 0.810. The third-order valence-electron chi connectivity index (χ3n) is 2.99. The second-order valence-corrected chi connectivity index (χ2v) is 5.83. The van der Waals surface area contributed by atoms with Crippen LogP contribution in [-0.4, -0.2) is 29.5 Å². The predicted octanol–water partition coefficient (Wildman–Crippen LogP) is 1.89. The van der Waals surface area contributed by atoms with Gasteiger partial charge in [0.1, 0.15) is 5.54 Å². The minimum absolute atomic E-state index is 0.0370. The lowest BCUT2D eigenvalue weighted by Gasteiger charge is -2.31. The van der Waals surface area contributed by atoms with Crippen LogP contribution in [0.25, 0.3) is 0 Å². The van der Waals surface area contributed by atoms with Crippen LogP contribution >= 0.6 is 22.9 Å². The zero-order chi connectivity index (χ0) is 14.8. The van der Waals surface area contributed by atoms with Gasteiger partial charge in [-0.25, -0.2) is 9.78 Å². The van der Waals surface area contributed by atoms with E-state index in [4.69, 9.17) is 17.3 Å². The summed E-state index contributed by atoms with van der Waals surface area (Å²) in [7, 11) is 1.26. The number of anilines is 1. The van der Waals surface area contributed by atoms with Crippen LogP contribution in [-0.2, 0) is 9.53 Å². The van der Waals surface area contributed by atoms with Crippen molar-refractivity contribution < 1.29 is 14.3 Å². The number of esters is 1. The summed E-state index contributed by atoms with van der Waals surface area (Å²) < 4.78 is 4.58. The second kappa shape index (κ2) is 5.75. The van der Waals surface area contributed by atoms with Crippen molar-refractivity contribution in [1.29, 1.82) is 0 Å². The summed E-state index contributed by atoms with van der Waals surface area (Å²) in [4.78, 5) is 27.2. The zero-order valence-electron chi connectivity index (χ0n) is 11.1. The Kier molecular flexibility index (Phi) is 4.75. The molecule has 1 aromatic rings. The first kappa shape index (κ1) is 15.7. The molecule has 3 N–H and O–H groups in total. The van der Waals surface area contributed by atoms with Gasteiger partial charge in [0, 0.05) is 0 Å². The van der Waals surface area contributed by atoms with Crippen molar-refractivity contribution in [3.8, 4) is 0 Å². The number of ether oxygens (including phenoxy) is 1. The Balaban J connectivity index is 3.06. The van der Waals surface area contributed by atoms with Crippen molar-refractivity contribution in [1.82, 2.24) is 4.98 Å². The molecule has 19 heavy (non-hydrogen) atoms. The Morgan fingerprint density at radius 3 is 2.53 bits per heavy atom. The van der Waals surface area contributed by atoms with Crippen LogP contribution in [0.1, 0.15) is 30.4 Å². The number of halogens is 1. The van der Waals surface area contributed by atoms with Gasteiger partial charge >= 0.3 is 5.97 Å². The van der Waals surface area contributed by atoms with E-state index in [-0.39, 0.29) is 15.9 Å². The lowest BCUT2D eigenvalue weighted by Crippen LogP contribution is -2.51. The van der Waals surface area contributed by atoms with Gasteiger partial charge in [-0.3, -0.25) is 4.79 Å². The first-order valence-corrected chi connectivity index (χ1v) is 6.74. The highest BCUT2D eigenvalue weighted by Crippen LogP contribution is 2.31. The van der Waals surface area contributed by atoms with Gasteiger partial charge in [-0.15, -0.1) is 0 Å². The summed E-state index contributed by atoms with van der Waals surface area (Å²) in [5, 5.41) is 3.32. The molecule has 0 spiro atoms. The van der Waals surface area contributed by atoms with Crippen molar-refractivity contribution in [2.24, 2.45) is 11.7 Å². The van der Waals surface area contributed by atoms with Gasteiger partial charge in [0.05, 0.1) is 7.11 Å². The van der Waals surface area contributed by atoms with E-state index in [1.165, 1.54) is 7.11 Å². The summed E-state index contributed by atoms with van der Waals surface area (Å²) in [6.45, 7) is 5.38. The molecule has 0 aliphatic rings. The van der Waals surface area contributed by atoms with Gasteiger partial charge in [-0.2, -0.15) is 0 Å². The summed E-state index contributed by atoms with van der Waals surface area (Å²) in [6, 6.07) is 0. The smallest absolute Gasteiger partial charge is 0.351 e. The summed E-state index contributed by atoms with van der Waals surface area (Å²) in [5.74, 6) is -1.14. The molecule has 0 saturated carbocycles. The SMILES string of the molecule is COC(=O)c1sc(NC(C)(C(N)=O)C(C)C)nc1Cl.